The number of nitrogens with one attached hydrogen (secondary N) is 2. The highest BCUT2D eigenvalue weighted by Gasteiger charge is 2.71. The third-order valence-electron chi connectivity index (χ3n) is 18.4. The topological polar surface area (TPSA) is 179 Å². The Morgan fingerprint density at radius 3 is 2.16 bits per heavy atom. The van der Waals surface area contributed by atoms with Gasteiger partial charge in [0.2, 0.25) is 5.91 Å². The molecule has 0 saturated heterocycles. The maximum atomic E-state index is 14.2. The summed E-state index contributed by atoms with van der Waals surface area (Å²) in [5.41, 5.74) is -0.188. The smallest absolute Gasteiger partial charge is 0.309 e. The van der Waals surface area contributed by atoms with E-state index in [4.69, 9.17) is 17.7 Å². The van der Waals surface area contributed by atoms with E-state index in [1.807, 2.05) is 27.7 Å². The van der Waals surface area contributed by atoms with Gasteiger partial charge in [-0.2, -0.15) is 0 Å². The molecular weight excluding hydrogens is 796 g/mol. The predicted molar refractivity (Wildman–Crippen MR) is 231 cm³/mol. The zero-order chi connectivity index (χ0) is 45.7. The molecule has 336 valence electrons. The van der Waals surface area contributed by atoms with Gasteiger partial charge >= 0.3 is 11.9 Å². The molecule has 5 saturated carbocycles. The molecule has 6 aliphatic carbocycles. The number of amides is 2. The van der Waals surface area contributed by atoms with Crippen molar-refractivity contribution in [2.75, 3.05) is 13.2 Å². The Labute approximate surface area is 368 Å². The molecule has 0 radical (unpaired) electrons. The van der Waals surface area contributed by atoms with Crippen molar-refractivity contribution in [1.82, 2.24) is 10.6 Å². The molecule has 6 aliphatic rings. The van der Waals surface area contributed by atoms with E-state index >= 15 is 0 Å². The number of ketones is 1. The second-order valence-corrected chi connectivity index (χ2v) is 22.4. The lowest BCUT2D eigenvalue weighted by Crippen LogP contribution is -2.66. The van der Waals surface area contributed by atoms with Crippen LogP contribution < -0.4 is 10.6 Å². The van der Waals surface area contributed by atoms with Crippen molar-refractivity contribution < 1.29 is 45.4 Å². The summed E-state index contributed by atoms with van der Waals surface area (Å²) in [7, 11) is 0. The molecule has 11 nitrogen and oxygen atoms in total. The molecule has 1 aromatic rings. The van der Waals surface area contributed by atoms with Gasteiger partial charge < -0.3 is 30.7 Å². The zero-order valence-electron chi connectivity index (χ0n) is 38.6. The number of carboxylic acid groups (broad SMARTS) is 1. The molecule has 61 heavy (non-hydrogen) atoms. The molecule has 5 N–H and O–H groups in total. The number of hydrogen-bond acceptors (Lipinski definition) is 8. The number of benzene rings is 1. The molecule has 0 aromatic heterocycles. The average molecular weight is 867 g/mol. The number of halogens is 1. The Balaban J connectivity index is 1.10. The maximum absolute atomic E-state index is 14.2. The summed E-state index contributed by atoms with van der Waals surface area (Å²) in [5, 5.41) is 37.5. The van der Waals surface area contributed by atoms with Crippen LogP contribution >= 0.6 is 11.6 Å². The van der Waals surface area contributed by atoms with E-state index in [9.17, 15) is 39.3 Å². The highest BCUT2D eigenvalue weighted by molar-refractivity contribution is 6.30. The van der Waals surface area contributed by atoms with E-state index in [2.05, 4.69) is 45.3 Å². The molecular formula is C49H69ClN2O9. The fourth-order valence-corrected chi connectivity index (χ4v) is 14.8. The van der Waals surface area contributed by atoms with Crippen molar-refractivity contribution in [2.24, 2.45) is 68.0 Å². The van der Waals surface area contributed by atoms with Crippen molar-refractivity contribution in [1.29, 1.82) is 0 Å². The molecule has 0 aliphatic heterocycles. The van der Waals surface area contributed by atoms with Crippen LogP contribution in [0.3, 0.4) is 0 Å². The zero-order valence-corrected chi connectivity index (χ0v) is 38.3. The number of aliphatic hydroxyl groups excluding tert-OH is 2. The first-order valence-corrected chi connectivity index (χ1v) is 23.0. The molecule has 0 bridgehead atoms. The molecule has 5 fully saturated rings. The van der Waals surface area contributed by atoms with Crippen molar-refractivity contribution >= 4 is 41.1 Å². The number of allylic oxidation sites excluding steroid dienone is 1. The molecule has 0 heterocycles. The summed E-state index contributed by atoms with van der Waals surface area (Å²) in [6, 6.07) is 3.49. The van der Waals surface area contributed by atoms with E-state index < -0.39 is 59.2 Å². The second-order valence-electron chi connectivity index (χ2n) is 22.0. The lowest BCUT2D eigenvalue weighted by molar-refractivity contribution is -0.238. The molecule has 7 rings (SSSR count). The van der Waals surface area contributed by atoms with Gasteiger partial charge in [0.15, 0.2) is 5.78 Å². The van der Waals surface area contributed by atoms with E-state index in [0.717, 1.165) is 56.1 Å². The Kier molecular flexibility index (Phi) is 11.5. The van der Waals surface area contributed by atoms with Crippen LogP contribution in [0.2, 0.25) is 5.02 Å². The summed E-state index contributed by atoms with van der Waals surface area (Å²) in [6.07, 6.45) is 5.78. The number of ether oxygens (including phenoxy) is 1. The van der Waals surface area contributed by atoms with E-state index in [1.54, 1.807) is 0 Å². The van der Waals surface area contributed by atoms with Gasteiger partial charge in [0, 0.05) is 34.4 Å². The van der Waals surface area contributed by atoms with E-state index in [1.165, 1.54) is 24.3 Å². The Morgan fingerprint density at radius 2 is 1.56 bits per heavy atom. The summed E-state index contributed by atoms with van der Waals surface area (Å²) in [5.74, 6) is -3.17. The quantitative estimate of drug-likeness (QED) is 0.141. The van der Waals surface area contributed by atoms with Gasteiger partial charge in [0.1, 0.15) is 12.1 Å². The van der Waals surface area contributed by atoms with E-state index in [-0.39, 0.29) is 69.9 Å². The van der Waals surface area contributed by atoms with Crippen LogP contribution in [0.5, 0.6) is 0 Å². The van der Waals surface area contributed by atoms with Crippen LogP contribution in [0.4, 0.5) is 0 Å². The minimum Gasteiger partial charge on any atom is -0.481 e. The van der Waals surface area contributed by atoms with Gasteiger partial charge in [0.25, 0.3) is 5.91 Å². The van der Waals surface area contributed by atoms with Gasteiger partial charge in [-0.1, -0.05) is 79.5 Å². The standard InChI is InChI=1S/C49H69ClN2O9/c1-26(2)38-33(54)23-49(36(55)24-51-41(57)32(25-53)52-40(56)27-10-12-28(50)13-11-27)21-20-47(8)29(39(38)49)14-15-35-46(7)18-17-37(45(5,6)34(46)16-19-48(35,47)9)61-43(60)31-22-30(42(58)59)44(31,3)4/h10-13,26,29-32,34-37,53,55H,14-25H2,1-9H3,(H,51,57)(H,52,56)(H,58,59)/t29-,30+,31-,32?,34+,35-,36+,37+,46+,47-,48-,49+/m1/s1/i32D. The van der Waals surface area contributed by atoms with Gasteiger partial charge in [-0.3, -0.25) is 24.0 Å². The van der Waals surface area contributed by atoms with Gasteiger partial charge in [-0.25, -0.2) is 0 Å². The minimum atomic E-state index is -2.43. The first kappa shape index (κ1) is 44.3. The van der Waals surface area contributed by atoms with Crippen LogP contribution in [0.25, 0.3) is 0 Å². The average Bonchev–Trinajstić information content (AvgIpc) is 3.50. The summed E-state index contributed by atoms with van der Waals surface area (Å²) < 4.78 is 15.1. The summed E-state index contributed by atoms with van der Waals surface area (Å²) >= 11 is 5.96. The fraction of sp³-hybridized carbons (Fsp3) is 0.735. The maximum Gasteiger partial charge on any atom is 0.309 e. The number of fused-ring (bicyclic) bond motifs is 7. The third kappa shape index (κ3) is 7.00. The Morgan fingerprint density at radius 1 is 0.885 bits per heavy atom. The molecule has 2 amide bonds. The number of hydrogen-bond donors (Lipinski definition) is 5. The van der Waals surface area contributed by atoms with Crippen molar-refractivity contribution in [3.05, 3.63) is 46.0 Å². The van der Waals surface area contributed by atoms with Gasteiger partial charge in [-0.05, 0) is 133 Å². The minimum absolute atomic E-state index is 0.0315. The largest absolute Gasteiger partial charge is 0.481 e. The number of Topliss-reactive ketones (excluding diaryl/α,β-unsaturated/α-hetero) is 1. The predicted octanol–water partition coefficient (Wildman–Crippen LogP) is 7.55. The number of carbonyl (C=O) groups is 5. The van der Waals surface area contributed by atoms with Crippen molar-refractivity contribution in [3.8, 4) is 0 Å². The number of rotatable bonds is 11. The normalized spacial score (nSPS) is 38.9. The molecule has 12 atom stereocenters. The highest BCUT2D eigenvalue weighted by Crippen LogP contribution is 2.77. The lowest BCUT2D eigenvalue weighted by atomic mass is 9.33. The molecule has 0 spiro atoms. The first-order chi connectivity index (χ1) is 28.7. The number of esters is 1. The Bertz CT molecular complexity index is 2050. The van der Waals surface area contributed by atoms with Crippen molar-refractivity contribution in [2.45, 2.75) is 145 Å². The number of carbonyl (C=O) groups excluding carboxylic acids is 4. The summed E-state index contributed by atoms with van der Waals surface area (Å²) in [4.78, 5) is 66.2. The first-order valence-electron chi connectivity index (χ1n) is 23.1. The van der Waals surface area contributed by atoms with Gasteiger partial charge in [-0.15, -0.1) is 0 Å². The second kappa shape index (κ2) is 15.8. The number of carboxylic acids is 1. The number of aliphatic carboxylic acids is 1. The third-order valence-corrected chi connectivity index (χ3v) is 18.7. The van der Waals surface area contributed by atoms with Crippen LogP contribution in [0, 0.1) is 68.0 Å². The summed E-state index contributed by atoms with van der Waals surface area (Å²) in [6.45, 7) is 18.4. The molecule has 12 heteroatoms. The van der Waals surface area contributed by atoms with Crippen LogP contribution in [-0.2, 0) is 23.9 Å². The van der Waals surface area contributed by atoms with Crippen LogP contribution in [-0.4, -0.2) is 76.2 Å². The van der Waals surface area contributed by atoms with Crippen LogP contribution in [0.1, 0.15) is 138 Å². The highest BCUT2D eigenvalue weighted by atomic mass is 35.5. The fourth-order valence-electron chi connectivity index (χ4n) is 14.7. The molecule has 1 aromatic carbocycles. The monoisotopic (exact) mass is 865 g/mol. The lowest BCUT2D eigenvalue weighted by Gasteiger charge is -2.72. The molecule has 1 unspecified atom stereocenters. The Hall–Kier alpha value is -3.28. The number of aliphatic hydroxyl groups is 2. The SMILES string of the molecule is [2H]C(CO)(NC(=O)c1ccc(Cl)cc1)C(=O)NC[C@H](O)[C@@]12CC[C@]3(C)[C@H](CC[C@@H]4[C@@]5(C)CC[C@H](OC(=O)[C@H]6C[C@@H](C(=O)O)C6(C)C)C(C)(C)[C@@H]5CC[C@]43C)C1=C(C(C)C)C(=O)C2. The van der Waals surface area contributed by atoms with Crippen molar-refractivity contribution in [3.63, 3.8) is 0 Å². The van der Waals surface area contributed by atoms with Crippen LogP contribution in [0.15, 0.2) is 35.4 Å². The van der Waals surface area contributed by atoms with E-state index in [0.29, 0.717) is 29.7 Å². The van der Waals surface area contributed by atoms with Gasteiger partial charge in [0.05, 0.1) is 25.9 Å².